The Bertz CT molecular complexity index is 1140. The fraction of sp³-hybridized carbons (Fsp3) is 0.407. The molecular weight excluding hydrogens is 460 g/mol. The highest BCUT2D eigenvalue weighted by Crippen LogP contribution is 2.39. The number of carbonyl (C=O) groups is 2. The highest BCUT2D eigenvalue weighted by atomic mass is 32.2. The van der Waals surface area contributed by atoms with Crippen molar-refractivity contribution in [2.24, 2.45) is 10.2 Å². The zero-order valence-electron chi connectivity index (χ0n) is 21.4. The Labute approximate surface area is 211 Å². The summed E-state index contributed by atoms with van der Waals surface area (Å²) < 4.78 is 0. The number of thioether (sulfide) groups is 1. The monoisotopic (exact) mass is 494 g/mol. The number of amides is 2. The molecule has 0 aliphatic carbocycles. The second-order valence-corrected chi connectivity index (χ2v) is 12.0. The molecule has 35 heavy (non-hydrogen) atoms. The molecule has 0 aromatic heterocycles. The van der Waals surface area contributed by atoms with Crippen LogP contribution < -0.4 is 10.6 Å². The van der Waals surface area contributed by atoms with Crippen LogP contribution in [0, 0.1) is 6.92 Å². The molecule has 1 aliphatic rings. The quantitative estimate of drug-likeness (QED) is 0.390. The fourth-order valence-electron chi connectivity index (χ4n) is 3.63. The van der Waals surface area contributed by atoms with Crippen LogP contribution in [0.25, 0.3) is 0 Å². The Hall–Kier alpha value is -3.13. The van der Waals surface area contributed by atoms with Crippen LogP contribution in [-0.2, 0) is 20.4 Å². The van der Waals surface area contributed by atoms with E-state index in [2.05, 4.69) is 62.4 Å². The normalized spacial score (nSPS) is 17.7. The molecule has 0 unspecified atom stereocenters. The van der Waals surface area contributed by atoms with Crippen LogP contribution in [0.2, 0.25) is 0 Å². The lowest BCUT2D eigenvalue weighted by molar-refractivity contribution is -0.122. The van der Waals surface area contributed by atoms with Crippen LogP contribution in [0.5, 0.6) is 5.75 Å². The second-order valence-electron chi connectivity index (χ2n) is 10.8. The molecule has 7 nitrogen and oxygen atoms in total. The summed E-state index contributed by atoms with van der Waals surface area (Å²) in [5.74, 6) is -0.198. The lowest BCUT2D eigenvalue weighted by Crippen LogP contribution is -2.28. The first-order valence-electron chi connectivity index (χ1n) is 11.6. The van der Waals surface area contributed by atoms with Gasteiger partial charge >= 0.3 is 0 Å². The van der Waals surface area contributed by atoms with Gasteiger partial charge in [-0.1, -0.05) is 71.0 Å². The molecule has 0 radical (unpaired) electrons. The van der Waals surface area contributed by atoms with Crippen molar-refractivity contribution in [3.8, 4) is 5.75 Å². The standard InChI is InChI=1S/C27H34N4O3S/c1-16-8-10-18(11-9-16)29-22(32)14-21-24(34)30-25(35-21)31-28-15-17-12-19(26(2,3)4)23(33)20(13-17)27(5,6)7/h8-13,15,21,33H,14H2,1-7H3,(H,29,32)(H,30,31,34)/b28-15+/t21-/m1/s1. The van der Waals surface area contributed by atoms with E-state index >= 15 is 0 Å². The van der Waals surface area contributed by atoms with E-state index in [0.717, 1.165) is 22.3 Å². The third kappa shape index (κ3) is 6.94. The topological polar surface area (TPSA) is 103 Å². The van der Waals surface area contributed by atoms with Gasteiger partial charge in [-0.2, -0.15) is 5.10 Å². The minimum Gasteiger partial charge on any atom is -0.507 e. The van der Waals surface area contributed by atoms with Gasteiger partial charge in [0.2, 0.25) is 11.8 Å². The summed E-state index contributed by atoms with van der Waals surface area (Å²) in [5, 5.41) is 24.5. The average Bonchev–Trinajstić information content (AvgIpc) is 3.08. The van der Waals surface area contributed by atoms with Crippen molar-refractivity contribution in [2.75, 3.05) is 5.32 Å². The van der Waals surface area contributed by atoms with E-state index in [1.54, 1.807) is 6.21 Å². The van der Waals surface area contributed by atoms with Gasteiger partial charge in [-0.25, -0.2) is 0 Å². The van der Waals surface area contributed by atoms with Gasteiger partial charge < -0.3 is 15.7 Å². The summed E-state index contributed by atoms with van der Waals surface area (Å²) in [7, 11) is 0. The molecule has 1 atom stereocenters. The number of rotatable bonds is 5. The lowest BCUT2D eigenvalue weighted by Gasteiger charge is -2.27. The third-order valence-corrected chi connectivity index (χ3v) is 6.66. The zero-order chi connectivity index (χ0) is 26.0. The lowest BCUT2D eigenvalue weighted by atomic mass is 9.78. The third-order valence-electron chi connectivity index (χ3n) is 5.59. The Morgan fingerprint density at radius 3 is 2.20 bits per heavy atom. The predicted octanol–water partition coefficient (Wildman–Crippen LogP) is 5.25. The molecule has 0 saturated carbocycles. The van der Waals surface area contributed by atoms with E-state index in [4.69, 9.17) is 0 Å². The summed E-state index contributed by atoms with van der Waals surface area (Å²) in [5.41, 5.74) is 3.78. The fourth-order valence-corrected chi connectivity index (χ4v) is 4.55. The summed E-state index contributed by atoms with van der Waals surface area (Å²) in [4.78, 5) is 24.7. The van der Waals surface area contributed by atoms with Gasteiger partial charge in [0.05, 0.1) is 6.21 Å². The molecule has 3 N–H and O–H groups in total. The van der Waals surface area contributed by atoms with Gasteiger partial charge in [0.1, 0.15) is 11.0 Å². The molecule has 186 valence electrons. The van der Waals surface area contributed by atoms with Crippen molar-refractivity contribution in [1.82, 2.24) is 5.32 Å². The molecule has 1 aliphatic heterocycles. The largest absolute Gasteiger partial charge is 0.507 e. The number of amidine groups is 1. The Morgan fingerprint density at radius 1 is 1.09 bits per heavy atom. The summed E-state index contributed by atoms with van der Waals surface area (Å²) in [6.07, 6.45) is 1.65. The number of nitrogens with zero attached hydrogens (tertiary/aromatic N) is 2. The number of nitrogens with one attached hydrogen (secondary N) is 2. The maximum absolute atomic E-state index is 12.4. The Kier molecular flexibility index (Phi) is 7.74. The number of hydrogen-bond donors (Lipinski definition) is 3. The minimum absolute atomic E-state index is 0.0367. The number of hydrogen-bond acceptors (Lipinski definition) is 6. The zero-order valence-corrected chi connectivity index (χ0v) is 22.2. The molecule has 1 fully saturated rings. The van der Waals surface area contributed by atoms with Gasteiger partial charge in [0, 0.05) is 23.2 Å². The average molecular weight is 495 g/mol. The first-order valence-corrected chi connectivity index (χ1v) is 12.4. The molecular formula is C27H34N4O3S. The van der Waals surface area contributed by atoms with Crippen LogP contribution in [0.15, 0.2) is 46.6 Å². The first-order chi connectivity index (χ1) is 16.2. The number of carbonyl (C=O) groups excluding carboxylic acids is 2. The van der Waals surface area contributed by atoms with E-state index in [9.17, 15) is 14.7 Å². The maximum Gasteiger partial charge on any atom is 0.240 e. The highest BCUT2D eigenvalue weighted by molar-refractivity contribution is 8.15. The van der Waals surface area contributed by atoms with Crippen LogP contribution in [0.1, 0.15) is 70.2 Å². The van der Waals surface area contributed by atoms with Gasteiger partial charge in [0.15, 0.2) is 5.17 Å². The Morgan fingerprint density at radius 2 is 1.66 bits per heavy atom. The number of aryl methyl sites for hydroxylation is 1. The van der Waals surface area contributed by atoms with Gasteiger partial charge in [-0.05, 0) is 47.6 Å². The van der Waals surface area contributed by atoms with Crippen molar-refractivity contribution in [3.63, 3.8) is 0 Å². The van der Waals surface area contributed by atoms with Crippen LogP contribution in [0.4, 0.5) is 5.69 Å². The van der Waals surface area contributed by atoms with Gasteiger partial charge in [-0.3, -0.25) is 9.59 Å². The number of benzene rings is 2. The summed E-state index contributed by atoms with van der Waals surface area (Å²) in [6, 6.07) is 11.3. The van der Waals surface area contributed by atoms with Gasteiger partial charge in [-0.15, -0.1) is 5.10 Å². The van der Waals surface area contributed by atoms with Crippen LogP contribution in [-0.4, -0.2) is 33.6 Å². The molecule has 1 saturated heterocycles. The van der Waals surface area contributed by atoms with Crippen LogP contribution in [0.3, 0.4) is 0 Å². The molecule has 2 aromatic carbocycles. The van der Waals surface area contributed by atoms with E-state index < -0.39 is 5.25 Å². The maximum atomic E-state index is 12.4. The van der Waals surface area contributed by atoms with Gasteiger partial charge in [0.25, 0.3) is 0 Å². The number of phenolic OH excluding ortho intramolecular Hbond substituents is 1. The van der Waals surface area contributed by atoms with Crippen molar-refractivity contribution in [2.45, 2.75) is 71.0 Å². The smallest absolute Gasteiger partial charge is 0.240 e. The SMILES string of the molecule is Cc1ccc(NC(=O)C[C@H]2S/C(=N\N=C\c3cc(C(C)(C)C)c(O)c(C(C)(C)C)c3)NC2=O)cc1. The molecule has 2 aromatic rings. The predicted molar refractivity (Wildman–Crippen MR) is 144 cm³/mol. The van der Waals surface area contributed by atoms with E-state index in [1.165, 1.54) is 11.8 Å². The van der Waals surface area contributed by atoms with Crippen molar-refractivity contribution < 1.29 is 14.7 Å². The number of anilines is 1. The molecule has 2 amide bonds. The molecule has 1 heterocycles. The second kappa shape index (κ2) is 10.2. The van der Waals surface area contributed by atoms with E-state index in [1.807, 2.05) is 43.3 Å². The minimum atomic E-state index is -0.567. The molecule has 8 heteroatoms. The van der Waals surface area contributed by atoms with E-state index in [0.29, 0.717) is 16.6 Å². The highest BCUT2D eigenvalue weighted by Gasteiger charge is 2.32. The Balaban J connectivity index is 1.70. The summed E-state index contributed by atoms with van der Waals surface area (Å²) in [6.45, 7) is 14.3. The summed E-state index contributed by atoms with van der Waals surface area (Å²) >= 11 is 1.19. The number of phenols is 1. The van der Waals surface area contributed by atoms with Crippen molar-refractivity contribution in [1.29, 1.82) is 0 Å². The van der Waals surface area contributed by atoms with E-state index in [-0.39, 0.29) is 29.1 Å². The molecule has 3 rings (SSSR count). The number of aromatic hydroxyl groups is 1. The molecule has 0 bridgehead atoms. The van der Waals surface area contributed by atoms with Crippen molar-refractivity contribution >= 4 is 40.6 Å². The van der Waals surface area contributed by atoms with Crippen molar-refractivity contribution in [3.05, 3.63) is 58.7 Å². The molecule has 0 spiro atoms. The van der Waals surface area contributed by atoms with Crippen LogP contribution >= 0.6 is 11.8 Å². The first kappa shape index (κ1) is 26.5.